The van der Waals surface area contributed by atoms with Crippen LogP contribution < -0.4 is 4.74 Å². The molecule has 0 spiro atoms. The first kappa shape index (κ1) is 29.4. The van der Waals surface area contributed by atoms with E-state index < -0.39 is 28.4 Å². The van der Waals surface area contributed by atoms with E-state index in [-0.39, 0.29) is 31.3 Å². The first-order chi connectivity index (χ1) is 17.2. The van der Waals surface area contributed by atoms with Gasteiger partial charge in [-0.1, -0.05) is 30.3 Å². The molecule has 0 aliphatic carbocycles. The minimum absolute atomic E-state index is 0.00784. The Hall–Kier alpha value is -3.82. The third-order valence-corrected chi connectivity index (χ3v) is 5.32. The Labute approximate surface area is 217 Å². The molecule has 2 aromatic carbocycles. The molecule has 2 aromatic rings. The van der Waals surface area contributed by atoms with Gasteiger partial charge in [0.2, 0.25) is 0 Å². The van der Waals surface area contributed by atoms with Crippen LogP contribution in [0.1, 0.15) is 46.6 Å². The van der Waals surface area contributed by atoms with Crippen molar-refractivity contribution in [3.63, 3.8) is 0 Å². The lowest BCUT2D eigenvalue weighted by Crippen LogP contribution is -2.43. The molecular weight excluding hydrogens is 480 g/mol. The molecule has 0 bridgehead atoms. The fourth-order valence-electron chi connectivity index (χ4n) is 3.82. The molecule has 0 heterocycles. The summed E-state index contributed by atoms with van der Waals surface area (Å²) in [5.74, 6) is 0.359. The number of nitrogens with zero attached hydrogens (tertiary/aromatic N) is 2. The van der Waals surface area contributed by atoms with E-state index in [1.54, 1.807) is 51.7 Å². The number of carboxylic acid groups (broad SMARTS) is 1. The van der Waals surface area contributed by atoms with E-state index in [1.165, 1.54) is 12.1 Å². The van der Waals surface area contributed by atoms with E-state index in [0.717, 1.165) is 5.56 Å². The molecule has 0 aliphatic rings. The van der Waals surface area contributed by atoms with Gasteiger partial charge in [-0.25, -0.2) is 9.59 Å². The minimum atomic E-state index is -1.38. The Bertz CT molecular complexity index is 1030. The third-order valence-electron chi connectivity index (χ3n) is 5.32. The number of carbonyl (C=O) groups is 2. The number of rotatable bonds is 12. The van der Waals surface area contributed by atoms with E-state index in [2.05, 4.69) is 0 Å². The summed E-state index contributed by atoms with van der Waals surface area (Å²) in [5, 5.41) is 20.1. The van der Waals surface area contributed by atoms with E-state index in [9.17, 15) is 19.7 Å². The van der Waals surface area contributed by atoms with E-state index >= 15 is 0 Å². The highest BCUT2D eigenvalue weighted by atomic mass is 16.7. The van der Waals surface area contributed by atoms with Gasteiger partial charge < -0.3 is 24.2 Å². The van der Waals surface area contributed by atoms with Gasteiger partial charge in [0.05, 0.1) is 11.5 Å². The van der Waals surface area contributed by atoms with Gasteiger partial charge in [0.1, 0.15) is 17.0 Å². The number of ether oxygens (including phenoxy) is 3. The Balaban J connectivity index is 2.23. The van der Waals surface area contributed by atoms with Crippen molar-refractivity contribution in [2.75, 3.05) is 19.7 Å². The van der Waals surface area contributed by atoms with Crippen LogP contribution in [0, 0.1) is 16.0 Å². The minimum Gasteiger partial charge on any atom is -0.493 e. The van der Waals surface area contributed by atoms with Gasteiger partial charge in [-0.2, -0.15) is 0 Å². The molecule has 2 rings (SSSR count). The monoisotopic (exact) mass is 516 g/mol. The highest BCUT2D eigenvalue weighted by Crippen LogP contribution is 2.24. The smallest absolute Gasteiger partial charge is 0.493 e. The summed E-state index contributed by atoms with van der Waals surface area (Å²) in [6, 6.07) is 15.4. The predicted molar refractivity (Wildman–Crippen MR) is 138 cm³/mol. The van der Waals surface area contributed by atoms with Crippen LogP contribution in [-0.2, 0) is 15.9 Å². The number of non-ortho nitro benzene ring substituents is 1. The van der Waals surface area contributed by atoms with Gasteiger partial charge in [-0.05, 0) is 65.2 Å². The average Bonchev–Trinajstić information content (AvgIpc) is 2.78. The summed E-state index contributed by atoms with van der Waals surface area (Å²) in [6.45, 7) is 9.40. The van der Waals surface area contributed by atoms with E-state index in [4.69, 9.17) is 19.3 Å². The van der Waals surface area contributed by atoms with Crippen molar-refractivity contribution in [3.05, 3.63) is 70.3 Å². The highest BCUT2D eigenvalue weighted by Gasteiger charge is 2.31. The molecule has 0 saturated carbocycles. The van der Waals surface area contributed by atoms with Crippen LogP contribution in [0.15, 0.2) is 54.6 Å². The number of carbonyl (C=O) groups excluding carboxylic acids is 1. The molecule has 1 N–H and O–H groups in total. The van der Waals surface area contributed by atoms with Crippen molar-refractivity contribution < 1.29 is 33.8 Å². The van der Waals surface area contributed by atoms with E-state index in [1.807, 2.05) is 30.3 Å². The van der Waals surface area contributed by atoms with Gasteiger partial charge in [-0.3, -0.25) is 10.1 Å². The molecule has 0 saturated heterocycles. The van der Waals surface area contributed by atoms with Crippen molar-refractivity contribution >= 4 is 17.9 Å². The molecule has 0 radical (unpaired) electrons. The number of benzene rings is 2. The maximum absolute atomic E-state index is 13.1. The van der Waals surface area contributed by atoms with Crippen LogP contribution in [0.2, 0.25) is 0 Å². The number of para-hydroxylation sites is 1. The molecule has 37 heavy (non-hydrogen) atoms. The molecule has 1 amide bonds. The van der Waals surface area contributed by atoms with Gasteiger partial charge >= 0.3 is 12.2 Å². The van der Waals surface area contributed by atoms with Crippen LogP contribution in [0.5, 0.6) is 5.75 Å². The molecule has 0 unspecified atom stereocenters. The zero-order chi connectivity index (χ0) is 27.6. The van der Waals surface area contributed by atoms with Crippen LogP contribution >= 0.6 is 0 Å². The van der Waals surface area contributed by atoms with Crippen molar-refractivity contribution in [1.29, 1.82) is 0 Å². The third kappa shape index (κ3) is 11.2. The maximum Gasteiger partial charge on any atom is 0.506 e. The van der Waals surface area contributed by atoms with Crippen LogP contribution in [0.4, 0.5) is 15.3 Å². The van der Waals surface area contributed by atoms with Gasteiger partial charge in [0.15, 0.2) is 0 Å². The standard InChI is InChI=1S/C27H36N2O8/c1-26(2,3)36-24(30)28(16-15-20-11-13-22(14-12-20)29(33)34)18-21(17-27(4,5)37-25(31)32)19-35-23-9-7-6-8-10-23/h6-14,21H,15-19H2,1-5H3,(H,31,32)/t21-/m0/s1. The second-order valence-corrected chi connectivity index (χ2v) is 10.4. The Morgan fingerprint density at radius 2 is 1.62 bits per heavy atom. The summed E-state index contributed by atoms with van der Waals surface area (Å²) in [7, 11) is 0. The number of hydrogen-bond donors (Lipinski definition) is 1. The normalized spacial score (nSPS) is 12.4. The summed E-state index contributed by atoms with van der Waals surface area (Å²) in [6.07, 6.45) is -1.16. The van der Waals surface area contributed by atoms with Crippen LogP contribution in [-0.4, -0.2) is 58.1 Å². The molecule has 0 aromatic heterocycles. The van der Waals surface area contributed by atoms with Gasteiger partial charge in [-0.15, -0.1) is 0 Å². The Morgan fingerprint density at radius 1 is 1.00 bits per heavy atom. The predicted octanol–water partition coefficient (Wildman–Crippen LogP) is 5.93. The first-order valence-electron chi connectivity index (χ1n) is 12.0. The second kappa shape index (κ2) is 12.9. The van der Waals surface area contributed by atoms with Crippen molar-refractivity contribution in [1.82, 2.24) is 4.90 Å². The average molecular weight is 517 g/mol. The van der Waals surface area contributed by atoms with E-state index in [0.29, 0.717) is 18.6 Å². The first-order valence-corrected chi connectivity index (χ1v) is 12.0. The van der Waals surface area contributed by atoms with Crippen LogP contribution in [0.3, 0.4) is 0 Å². The molecular formula is C27H36N2O8. The molecule has 202 valence electrons. The number of nitro benzene ring substituents is 1. The summed E-state index contributed by atoms with van der Waals surface area (Å²) in [5.41, 5.74) is -0.920. The number of hydrogen-bond acceptors (Lipinski definition) is 7. The summed E-state index contributed by atoms with van der Waals surface area (Å²) < 4.78 is 16.7. The fourth-order valence-corrected chi connectivity index (χ4v) is 3.82. The summed E-state index contributed by atoms with van der Waals surface area (Å²) >= 11 is 0. The van der Waals surface area contributed by atoms with Crippen LogP contribution in [0.25, 0.3) is 0 Å². The zero-order valence-electron chi connectivity index (χ0n) is 22.0. The quantitative estimate of drug-likeness (QED) is 0.209. The molecule has 0 aliphatic heterocycles. The SMILES string of the molecule is CC(C)(C)OC(=O)N(CCc1ccc([N+](=O)[O-])cc1)C[C@@H](COc1ccccc1)CC(C)(C)OC(=O)O. The van der Waals surface area contributed by atoms with Gasteiger partial charge in [0.25, 0.3) is 5.69 Å². The van der Waals surface area contributed by atoms with Crippen molar-refractivity contribution in [3.8, 4) is 5.75 Å². The van der Waals surface area contributed by atoms with Crippen molar-refractivity contribution in [2.24, 2.45) is 5.92 Å². The second-order valence-electron chi connectivity index (χ2n) is 10.4. The highest BCUT2D eigenvalue weighted by molar-refractivity contribution is 5.68. The molecule has 10 nitrogen and oxygen atoms in total. The summed E-state index contributed by atoms with van der Waals surface area (Å²) in [4.78, 5) is 36.4. The molecule has 0 fully saturated rings. The lowest BCUT2D eigenvalue weighted by molar-refractivity contribution is -0.384. The van der Waals surface area contributed by atoms with Crippen molar-refractivity contribution in [2.45, 2.75) is 58.7 Å². The topological polar surface area (TPSA) is 128 Å². The zero-order valence-corrected chi connectivity index (χ0v) is 22.0. The Kier molecular flexibility index (Phi) is 10.3. The largest absolute Gasteiger partial charge is 0.506 e. The number of nitro groups is 1. The lowest BCUT2D eigenvalue weighted by Gasteiger charge is -2.33. The molecule has 1 atom stereocenters. The Morgan fingerprint density at radius 3 is 2.16 bits per heavy atom. The maximum atomic E-state index is 13.1. The lowest BCUT2D eigenvalue weighted by atomic mass is 9.93. The number of amides is 1. The molecule has 10 heteroatoms. The fraction of sp³-hybridized carbons (Fsp3) is 0.481. The van der Waals surface area contributed by atoms with Gasteiger partial charge in [0, 0.05) is 31.1 Å².